The van der Waals surface area contributed by atoms with E-state index in [2.05, 4.69) is 16.5 Å². The summed E-state index contributed by atoms with van der Waals surface area (Å²) in [6, 6.07) is 0. The molecule has 3 heteroatoms. The van der Waals surface area contributed by atoms with Crippen LogP contribution in [0, 0.1) is 0 Å². The molecule has 0 aliphatic rings. The zero-order valence-electron chi connectivity index (χ0n) is 6.03. The van der Waals surface area contributed by atoms with Crippen molar-refractivity contribution >= 4 is 5.78 Å². The molecular formula is C8H8N2O. The monoisotopic (exact) mass is 148 g/mol. The first-order chi connectivity index (χ1) is 5.33. The van der Waals surface area contributed by atoms with Crippen LogP contribution in [0.3, 0.4) is 0 Å². The van der Waals surface area contributed by atoms with Gasteiger partial charge in [-0.3, -0.25) is 14.8 Å². The average Bonchev–Trinajstić information content (AvgIpc) is 2.06. The van der Waals surface area contributed by atoms with Gasteiger partial charge in [-0.2, -0.15) is 0 Å². The molecule has 0 saturated carbocycles. The highest BCUT2D eigenvalue weighted by Crippen LogP contribution is 1.92. The van der Waals surface area contributed by atoms with Crippen molar-refractivity contribution in [1.29, 1.82) is 0 Å². The highest BCUT2D eigenvalue weighted by molar-refractivity contribution is 5.90. The summed E-state index contributed by atoms with van der Waals surface area (Å²) in [4.78, 5) is 18.6. The van der Waals surface area contributed by atoms with Crippen molar-refractivity contribution in [2.24, 2.45) is 0 Å². The standard InChI is InChI=1S/C8H8N2O/c1-2-8(11)5-7-6-9-3-4-10-7/h2-4,6H,1,5H2. The van der Waals surface area contributed by atoms with Gasteiger partial charge in [0.05, 0.1) is 12.1 Å². The number of nitrogens with zero attached hydrogens (tertiary/aromatic N) is 2. The largest absolute Gasteiger partial charge is 0.294 e. The number of carbonyl (C=O) groups excluding carboxylic acids is 1. The predicted molar refractivity (Wildman–Crippen MR) is 40.9 cm³/mol. The minimum Gasteiger partial charge on any atom is -0.294 e. The van der Waals surface area contributed by atoms with Crippen molar-refractivity contribution in [1.82, 2.24) is 9.97 Å². The molecule has 1 heterocycles. The first-order valence-electron chi connectivity index (χ1n) is 3.23. The van der Waals surface area contributed by atoms with Gasteiger partial charge in [0.1, 0.15) is 0 Å². The maximum atomic E-state index is 10.8. The van der Waals surface area contributed by atoms with Crippen LogP contribution in [-0.2, 0) is 11.2 Å². The number of carbonyl (C=O) groups is 1. The van der Waals surface area contributed by atoms with Gasteiger partial charge in [-0.05, 0) is 6.08 Å². The Balaban J connectivity index is 2.65. The van der Waals surface area contributed by atoms with Crippen molar-refractivity contribution in [3.05, 3.63) is 36.9 Å². The van der Waals surface area contributed by atoms with E-state index in [0.717, 1.165) is 0 Å². The van der Waals surface area contributed by atoms with Crippen molar-refractivity contribution in [2.45, 2.75) is 6.42 Å². The van der Waals surface area contributed by atoms with Crippen LogP contribution < -0.4 is 0 Å². The van der Waals surface area contributed by atoms with Gasteiger partial charge in [0.15, 0.2) is 5.78 Å². The fraction of sp³-hybridized carbons (Fsp3) is 0.125. The molecule has 1 rings (SSSR count). The molecule has 0 amide bonds. The Labute approximate surface area is 64.8 Å². The highest BCUT2D eigenvalue weighted by atomic mass is 16.1. The number of aromatic nitrogens is 2. The first kappa shape index (κ1) is 7.60. The molecule has 3 nitrogen and oxygen atoms in total. The van der Waals surface area contributed by atoms with E-state index in [9.17, 15) is 4.79 Å². The number of hydrogen-bond acceptors (Lipinski definition) is 3. The maximum absolute atomic E-state index is 10.8. The van der Waals surface area contributed by atoms with Crippen LogP contribution in [-0.4, -0.2) is 15.8 Å². The summed E-state index contributed by atoms with van der Waals surface area (Å²) >= 11 is 0. The Morgan fingerprint density at radius 2 is 2.45 bits per heavy atom. The molecule has 0 N–H and O–H groups in total. The smallest absolute Gasteiger partial charge is 0.161 e. The second-order valence-corrected chi connectivity index (χ2v) is 2.04. The van der Waals surface area contributed by atoms with Crippen LogP contribution in [0.5, 0.6) is 0 Å². The van der Waals surface area contributed by atoms with E-state index in [1.165, 1.54) is 6.08 Å². The van der Waals surface area contributed by atoms with Gasteiger partial charge in [0, 0.05) is 18.6 Å². The van der Waals surface area contributed by atoms with Crippen molar-refractivity contribution in [3.63, 3.8) is 0 Å². The quantitative estimate of drug-likeness (QED) is 0.595. The molecule has 56 valence electrons. The van der Waals surface area contributed by atoms with Crippen LogP contribution in [0.1, 0.15) is 5.69 Å². The molecule has 1 aromatic heterocycles. The zero-order valence-corrected chi connectivity index (χ0v) is 6.03. The second-order valence-electron chi connectivity index (χ2n) is 2.04. The molecular weight excluding hydrogens is 140 g/mol. The van der Waals surface area contributed by atoms with E-state index in [1.54, 1.807) is 18.6 Å². The summed E-state index contributed by atoms with van der Waals surface area (Å²) in [5, 5.41) is 0. The van der Waals surface area contributed by atoms with Crippen molar-refractivity contribution in [3.8, 4) is 0 Å². The van der Waals surface area contributed by atoms with Gasteiger partial charge in [-0.15, -0.1) is 0 Å². The molecule has 0 atom stereocenters. The molecule has 0 fully saturated rings. The Hall–Kier alpha value is -1.51. The van der Waals surface area contributed by atoms with Crippen LogP contribution in [0.4, 0.5) is 0 Å². The number of allylic oxidation sites excluding steroid dienone is 1. The number of ketones is 1. The third-order valence-corrected chi connectivity index (χ3v) is 1.20. The molecule has 0 aliphatic heterocycles. The lowest BCUT2D eigenvalue weighted by molar-refractivity contribution is -0.114. The SMILES string of the molecule is C=CC(=O)Cc1cnccn1. The minimum atomic E-state index is -0.0366. The Kier molecular flexibility index (Phi) is 2.49. The first-order valence-corrected chi connectivity index (χ1v) is 3.23. The lowest BCUT2D eigenvalue weighted by Crippen LogP contribution is -2.00. The molecule has 11 heavy (non-hydrogen) atoms. The fourth-order valence-electron chi connectivity index (χ4n) is 0.672. The van der Waals surface area contributed by atoms with Gasteiger partial charge >= 0.3 is 0 Å². The molecule has 0 spiro atoms. The molecule has 0 radical (unpaired) electrons. The van der Waals surface area contributed by atoms with E-state index in [0.29, 0.717) is 5.69 Å². The summed E-state index contributed by atoms with van der Waals surface area (Å²) in [7, 11) is 0. The molecule has 0 saturated heterocycles. The van der Waals surface area contributed by atoms with E-state index >= 15 is 0 Å². The van der Waals surface area contributed by atoms with Gasteiger partial charge in [-0.25, -0.2) is 0 Å². The summed E-state index contributed by atoms with van der Waals surface area (Å²) in [6.45, 7) is 3.36. The molecule has 0 aliphatic carbocycles. The van der Waals surface area contributed by atoms with Crippen LogP contribution >= 0.6 is 0 Å². The fourth-order valence-corrected chi connectivity index (χ4v) is 0.672. The van der Waals surface area contributed by atoms with Gasteiger partial charge < -0.3 is 0 Å². The van der Waals surface area contributed by atoms with E-state index < -0.39 is 0 Å². The summed E-state index contributed by atoms with van der Waals surface area (Å²) in [6.07, 6.45) is 6.28. The highest BCUT2D eigenvalue weighted by Gasteiger charge is 1.98. The lowest BCUT2D eigenvalue weighted by atomic mass is 10.2. The van der Waals surface area contributed by atoms with Gasteiger partial charge in [0.25, 0.3) is 0 Å². The lowest BCUT2D eigenvalue weighted by Gasteiger charge is -1.92. The van der Waals surface area contributed by atoms with Crippen LogP contribution in [0.15, 0.2) is 31.2 Å². The number of hydrogen-bond donors (Lipinski definition) is 0. The molecule has 0 aromatic carbocycles. The Bertz CT molecular complexity index is 256. The van der Waals surface area contributed by atoms with Gasteiger partial charge in [0.2, 0.25) is 0 Å². The summed E-state index contributed by atoms with van der Waals surface area (Å²) in [5.74, 6) is -0.0366. The normalized spacial score (nSPS) is 9.09. The summed E-state index contributed by atoms with van der Waals surface area (Å²) < 4.78 is 0. The van der Waals surface area contributed by atoms with E-state index in [1.807, 2.05) is 0 Å². The molecule has 0 unspecified atom stereocenters. The van der Waals surface area contributed by atoms with Crippen LogP contribution in [0.2, 0.25) is 0 Å². The van der Waals surface area contributed by atoms with Gasteiger partial charge in [-0.1, -0.05) is 6.58 Å². The second kappa shape index (κ2) is 3.61. The van der Waals surface area contributed by atoms with Crippen LogP contribution in [0.25, 0.3) is 0 Å². The topological polar surface area (TPSA) is 42.9 Å². The third-order valence-electron chi connectivity index (χ3n) is 1.20. The van der Waals surface area contributed by atoms with Crippen molar-refractivity contribution < 1.29 is 4.79 Å². The molecule has 1 aromatic rings. The number of rotatable bonds is 3. The molecule has 0 bridgehead atoms. The zero-order chi connectivity index (χ0) is 8.10. The van der Waals surface area contributed by atoms with E-state index in [-0.39, 0.29) is 12.2 Å². The Morgan fingerprint density at radius 1 is 1.64 bits per heavy atom. The maximum Gasteiger partial charge on any atom is 0.161 e. The Morgan fingerprint density at radius 3 is 3.00 bits per heavy atom. The predicted octanol–water partition coefficient (Wildman–Crippen LogP) is 0.774. The third kappa shape index (κ3) is 2.29. The van der Waals surface area contributed by atoms with E-state index in [4.69, 9.17) is 0 Å². The minimum absolute atomic E-state index is 0.0366. The summed E-state index contributed by atoms with van der Waals surface area (Å²) in [5.41, 5.74) is 0.678. The van der Waals surface area contributed by atoms with Crippen molar-refractivity contribution in [2.75, 3.05) is 0 Å². The average molecular weight is 148 g/mol.